The van der Waals surface area contributed by atoms with E-state index in [2.05, 4.69) is 5.32 Å². The highest BCUT2D eigenvalue weighted by Crippen LogP contribution is 1.98. The molecule has 0 aliphatic rings. The molecule has 0 saturated carbocycles. The molecular formula is C9H18N2O3. The van der Waals surface area contributed by atoms with Crippen LogP contribution in [0.15, 0.2) is 0 Å². The molecule has 0 rings (SSSR count). The van der Waals surface area contributed by atoms with Crippen LogP contribution in [0.1, 0.15) is 20.8 Å². The molecule has 0 heterocycles. The summed E-state index contributed by atoms with van der Waals surface area (Å²) in [6.07, 6.45) is 0. The molecule has 5 nitrogen and oxygen atoms in total. The van der Waals surface area contributed by atoms with E-state index in [1.54, 1.807) is 0 Å². The van der Waals surface area contributed by atoms with E-state index in [0.29, 0.717) is 0 Å². The number of aliphatic carboxylic acids is 1. The van der Waals surface area contributed by atoms with Crippen LogP contribution in [-0.4, -0.2) is 29.6 Å². The van der Waals surface area contributed by atoms with Crippen LogP contribution in [0, 0.1) is 11.8 Å². The summed E-state index contributed by atoms with van der Waals surface area (Å²) in [5.41, 5.74) is 5.56. The van der Waals surface area contributed by atoms with E-state index < -0.39 is 17.9 Å². The van der Waals surface area contributed by atoms with Gasteiger partial charge in [-0.25, -0.2) is 0 Å². The molecule has 0 spiro atoms. The maximum absolute atomic E-state index is 11.3. The average molecular weight is 202 g/mol. The highest BCUT2D eigenvalue weighted by atomic mass is 16.4. The number of carboxylic acid groups (broad SMARTS) is 1. The van der Waals surface area contributed by atoms with Crippen molar-refractivity contribution in [2.75, 3.05) is 6.54 Å². The van der Waals surface area contributed by atoms with E-state index in [0.717, 1.165) is 0 Å². The van der Waals surface area contributed by atoms with Crippen LogP contribution in [0.4, 0.5) is 0 Å². The third kappa shape index (κ3) is 4.23. The maximum Gasteiger partial charge on any atom is 0.308 e. The first-order chi connectivity index (χ1) is 6.36. The molecule has 0 radical (unpaired) electrons. The lowest BCUT2D eigenvalue weighted by molar-refractivity contribution is -0.141. The quantitative estimate of drug-likeness (QED) is 0.576. The summed E-state index contributed by atoms with van der Waals surface area (Å²) in [6, 6.07) is -0.573. The highest BCUT2D eigenvalue weighted by molar-refractivity contribution is 5.82. The monoisotopic (exact) mass is 202 g/mol. The number of amides is 1. The lowest BCUT2D eigenvalue weighted by Gasteiger charge is -2.16. The Hall–Kier alpha value is -1.10. The van der Waals surface area contributed by atoms with Gasteiger partial charge in [-0.2, -0.15) is 0 Å². The van der Waals surface area contributed by atoms with E-state index in [1.165, 1.54) is 6.92 Å². The van der Waals surface area contributed by atoms with Crippen LogP contribution in [0.25, 0.3) is 0 Å². The topological polar surface area (TPSA) is 92.4 Å². The van der Waals surface area contributed by atoms with Crippen LogP contribution < -0.4 is 11.1 Å². The molecule has 14 heavy (non-hydrogen) atoms. The van der Waals surface area contributed by atoms with Crippen LogP contribution in [0.2, 0.25) is 0 Å². The Kier molecular flexibility index (Phi) is 5.15. The molecule has 0 aliphatic carbocycles. The molecule has 0 aliphatic heterocycles. The van der Waals surface area contributed by atoms with Gasteiger partial charge in [0.1, 0.15) is 0 Å². The van der Waals surface area contributed by atoms with Gasteiger partial charge in [0, 0.05) is 6.54 Å². The Balaban J connectivity index is 3.91. The molecule has 5 heteroatoms. The van der Waals surface area contributed by atoms with E-state index in [9.17, 15) is 9.59 Å². The van der Waals surface area contributed by atoms with Crippen LogP contribution in [0.5, 0.6) is 0 Å². The lowest BCUT2D eigenvalue weighted by Crippen LogP contribution is -2.45. The van der Waals surface area contributed by atoms with Gasteiger partial charge in [-0.05, 0) is 5.92 Å². The van der Waals surface area contributed by atoms with Crippen molar-refractivity contribution >= 4 is 11.9 Å². The first-order valence-electron chi connectivity index (χ1n) is 4.62. The van der Waals surface area contributed by atoms with Crippen molar-refractivity contribution in [1.82, 2.24) is 5.32 Å². The SMILES string of the molecule is CC(CNC(=O)[C@H](N)C(C)C)C(=O)O. The Morgan fingerprint density at radius 3 is 2.21 bits per heavy atom. The summed E-state index contributed by atoms with van der Waals surface area (Å²) >= 11 is 0. The normalized spacial score (nSPS) is 14.9. The highest BCUT2D eigenvalue weighted by Gasteiger charge is 2.18. The largest absolute Gasteiger partial charge is 0.481 e. The third-order valence-corrected chi connectivity index (χ3v) is 2.03. The smallest absolute Gasteiger partial charge is 0.308 e. The number of hydrogen-bond donors (Lipinski definition) is 3. The maximum atomic E-state index is 11.3. The van der Waals surface area contributed by atoms with Crippen molar-refractivity contribution in [3.05, 3.63) is 0 Å². The molecule has 0 fully saturated rings. The molecule has 0 aromatic rings. The summed E-state index contributed by atoms with van der Waals surface area (Å²) in [5.74, 6) is -1.76. The second-order valence-electron chi connectivity index (χ2n) is 3.75. The van der Waals surface area contributed by atoms with E-state index in [1.807, 2.05) is 13.8 Å². The average Bonchev–Trinajstić information content (AvgIpc) is 2.11. The molecule has 1 amide bonds. The van der Waals surface area contributed by atoms with E-state index in [-0.39, 0.29) is 18.4 Å². The first-order valence-corrected chi connectivity index (χ1v) is 4.62. The Labute approximate surface area is 83.7 Å². The molecule has 0 saturated heterocycles. The lowest BCUT2D eigenvalue weighted by atomic mass is 10.0. The van der Waals surface area contributed by atoms with Gasteiger partial charge in [-0.15, -0.1) is 0 Å². The molecule has 2 atom stereocenters. The number of rotatable bonds is 5. The van der Waals surface area contributed by atoms with Gasteiger partial charge in [0.15, 0.2) is 0 Å². The zero-order valence-electron chi connectivity index (χ0n) is 8.78. The summed E-state index contributed by atoms with van der Waals surface area (Å²) in [7, 11) is 0. The fourth-order valence-corrected chi connectivity index (χ4v) is 0.762. The Morgan fingerprint density at radius 1 is 1.36 bits per heavy atom. The van der Waals surface area contributed by atoms with Crippen molar-refractivity contribution in [3.8, 4) is 0 Å². The number of nitrogens with two attached hydrogens (primary N) is 1. The second kappa shape index (κ2) is 5.59. The van der Waals surface area contributed by atoms with Crippen molar-refractivity contribution in [2.45, 2.75) is 26.8 Å². The van der Waals surface area contributed by atoms with E-state index in [4.69, 9.17) is 10.8 Å². The fraction of sp³-hybridized carbons (Fsp3) is 0.778. The zero-order valence-corrected chi connectivity index (χ0v) is 8.78. The van der Waals surface area contributed by atoms with Crippen molar-refractivity contribution < 1.29 is 14.7 Å². The second-order valence-corrected chi connectivity index (χ2v) is 3.75. The van der Waals surface area contributed by atoms with Gasteiger partial charge in [0.25, 0.3) is 0 Å². The zero-order chi connectivity index (χ0) is 11.3. The van der Waals surface area contributed by atoms with Gasteiger partial charge >= 0.3 is 5.97 Å². The first kappa shape index (κ1) is 12.9. The molecule has 82 valence electrons. The summed E-state index contributed by atoms with van der Waals surface area (Å²) in [6.45, 7) is 5.33. The van der Waals surface area contributed by atoms with Crippen LogP contribution in [0.3, 0.4) is 0 Å². The van der Waals surface area contributed by atoms with Crippen molar-refractivity contribution in [3.63, 3.8) is 0 Å². The molecular weight excluding hydrogens is 184 g/mol. The number of hydrogen-bond acceptors (Lipinski definition) is 3. The predicted molar refractivity (Wildman–Crippen MR) is 52.6 cm³/mol. The van der Waals surface area contributed by atoms with Crippen molar-refractivity contribution in [1.29, 1.82) is 0 Å². The Bertz CT molecular complexity index is 216. The number of nitrogens with one attached hydrogen (secondary N) is 1. The van der Waals surface area contributed by atoms with Crippen LogP contribution in [-0.2, 0) is 9.59 Å². The number of carboxylic acids is 1. The molecule has 0 aromatic heterocycles. The summed E-state index contributed by atoms with van der Waals surface area (Å²) in [4.78, 5) is 21.7. The van der Waals surface area contributed by atoms with Gasteiger partial charge in [0.2, 0.25) is 5.91 Å². The minimum absolute atomic E-state index is 0.0511. The molecule has 0 bridgehead atoms. The Morgan fingerprint density at radius 2 is 1.86 bits per heavy atom. The summed E-state index contributed by atoms with van der Waals surface area (Å²) in [5, 5.41) is 11.1. The summed E-state index contributed by atoms with van der Waals surface area (Å²) < 4.78 is 0. The molecule has 4 N–H and O–H groups in total. The fourth-order valence-electron chi connectivity index (χ4n) is 0.762. The van der Waals surface area contributed by atoms with Gasteiger partial charge in [-0.3, -0.25) is 9.59 Å². The minimum atomic E-state index is -0.927. The van der Waals surface area contributed by atoms with Gasteiger partial charge < -0.3 is 16.2 Å². The number of carbonyl (C=O) groups excluding carboxylic acids is 1. The predicted octanol–water partition coefficient (Wildman–Crippen LogP) is -0.193. The van der Waals surface area contributed by atoms with Crippen molar-refractivity contribution in [2.24, 2.45) is 17.6 Å². The molecule has 0 aromatic carbocycles. The minimum Gasteiger partial charge on any atom is -0.481 e. The van der Waals surface area contributed by atoms with E-state index >= 15 is 0 Å². The molecule has 1 unspecified atom stereocenters. The van der Waals surface area contributed by atoms with Gasteiger partial charge in [0.05, 0.1) is 12.0 Å². The van der Waals surface area contributed by atoms with Crippen LogP contribution >= 0.6 is 0 Å². The number of carbonyl (C=O) groups is 2. The third-order valence-electron chi connectivity index (χ3n) is 2.03. The standard InChI is InChI=1S/C9H18N2O3/c1-5(2)7(10)8(12)11-4-6(3)9(13)14/h5-7H,4,10H2,1-3H3,(H,11,12)(H,13,14)/t6?,7-/m1/s1. The van der Waals surface area contributed by atoms with Gasteiger partial charge in [-0.1, -0.05) is 20.8 Å².